The normalized spacial score (nSPS) is 45.7. The average molecular weight is 630 g/mol. The first-order chi connectivity index (χ1) is 21.7. The Bertz CT molecular complexity index is 1370. The van der Waals surface area contributed by atoms with Crippen molar-refractivity contribution in [3.8, 4) is 11.5 Å². The highest BCUT2D eigenvalue weighted by Crippen LogP contribution is 2.78. The molecule has 1 spiro atoms. The zero-order valence-corrected chi connectivity index (χ0v) is 27.2. The molecule has 11 nitrogen and oxygen atoms in total. The number of piperidine rings is 1. The van der Waals surface area contributed by atoms with Crippen LogP contribution in [-0.4, -0.2) is 126 Å². The molecule has 13 atom stereocenters. The van der Waals surface area contributed by atoms with Gasteiger partial charge in [-0.1, -0.05) is 18.6 Å². The molecule has 0 unspecified atom stereocenters. The lowest BCUT2D eigenvalue weighted by molar-refractivity contribution is -0.275. The summed E-state index contributed by atoms with van der Waals surface area (Å²) < 4.78 is 42.0. The average Bonchev–Trinajstić information content (AvgIpc) is 3.39. The van der Waals surface area contributed by atoms with Crippen LogP contribution in [0.25, 0.3) is 0 Å². The van der Waals surface area contributed by atoms with Gasteiger partial charge in [-0.05, 0) is 37.1 Å². The number of benzene rings is 1. The lowest BCUT2D eigenvalue weighted by Gasteiger charge is -2.68. The summed E-state index contributed by atoms with van der Waals surface area (Å²) in [5, 5.41) is 24.6. The van der Waals surface area contributed by atoms with E-state index in [2.05, 4.69) is 17.9 Å². The Balaban J connectivity index is 1.39. The van der Waals surface area contributed by atoms with Crippen molar-refractivity contribution in [2.75, 3.05) is 62.4 Å². The van der Waals surface area contributed by atoms with E-state index in [1.54, 1.807) is 46.6 Å². The Morgan fingerprint density at radius 2 is 1.78 bits per heavy atom. The van der Waals surface area contributed by atoms with E-state index >= 15 is 0 Å². The smallest absolute Gasteiger partial charge is 0.338 e. The van der Waals surface area contributed by atoms with E-state index in [-0.39, 0.29) is 41.9 Å². The first kappa shape index (κ1) is 31.4. The number of hydrogen-bond acceptors (Lipinski definition) is 11. The zero-order chi connectivity index (χ0) is 32.1. The Morgan fingerprint density at radius 3 is 2.40 bits per heavy atom. The van der Waals surface area contributed by atoms with E-state index in [9.17, 15) is 15.0 Å². The van der Waals surface area contributed by atoms with Gasteiger partial charge in [0.2, 0.25) is 0 Å². The van der Waals surface area contributed by atoms with Crippen molar-refractivity contribution in [3.05, 3.63) is 35.4 Å². The summed E-state index contributed by atoms with van der Waals surface area (Å²) in [5.41, 5.74) is -1.17. The summed E-state index contributed by atoms with van der Waals surface area (Å²) in [6.45, 7) is 4.00. The number of rotatable bonds is 10. The van der Waals surface area contributed by atoms with Gasteiger partial charge in [0.1, 0.15) is 17.8 Å². The SMILES string of the molecule is CCN1C[C@@]2(COC)[C@H](O)C[C@H](OC)[C@@]34[C@@H]5C[C@@]6(O)[C@@H](OC)C=C([C@H]5[C@H]6OC(=O)c5ccc(OC)c(OC)c5)[C@@H]([C@H](OC)[C@H]23)[C@@H]14. The lowest BCUT2D eigenvalue weighted by Crippen LogP contribution is -2.76. The quantitative estimate of drug-likeness (QED) is 0.291. The van der Waals surface area contributed by atoms with E-state index in [1.807, 2.05) is 0 Å². The fourth-order valence-corrected chi connectivity index (χ4v) is 11.6. The van der Waals surface area contributed by atoms with Crippen LogP contribution in [0.5, 0.6) is 11.5 Å². The minimum absolute atomic E-state index is 0.0486. The number of carbonyl (C=O) groups is 1. The van der Waals surface area contributed by atoms with Crippen LogP contribution in [0.15, 0.2) is 29.8 Å². The van der Waals surface area contributed by atoms with Gasteiger partial charge in [0.25, 0.3) is 0 Å². The standard InChI is InChI=1S/C34H47NO10/c1-8-35-15-32(16-39-2)22(36)13-24(43-6)34-19-14-33(38)23(42-5)12-18(26(29(34)35)27(44-7)28(32)34)25(19)30(33)45-31(37)17-9-10-20(40-3)21(11-17)41-4/h9-12,19,22-30,36,38H,8,13-16H2,1-7H3/t19-,22-,23+,24+,25-,26+,27+,28-,29-,30-,32-,33-,34+/m1/s1. The molecule has 1 aliphatic heterocycles. The van der Waals surface area contributed by atoms with Crippen LogP contribution >= 0.6 is 0 Å². The second-order valence-corrected chi connectivity index (χ2v) is 13.9. The van der Waals surface area contributed by atoms with Crippen molar-refractivity contribution in [1.29, 1.82) is 0 Å². The largest absolute Gasteiger partial charge is 0.493 e. The molecule has 0 radical (unpaired) electrons. The molecule has 5 fully saturated rings. The van der Waals surface area contributed by atoms with Crippen LogP contribution in [0.3, 0.4) is 0 Å². The van der Waals surface area contributed by atoms with Crippen molar-refractivity contribution in [2.45, 2.75) is 61.9 Å². The molecule has 7 bridgehead atoms. The van der Waals surface area contributed by atoms with Gasteiger partial charge in [0.05, 0.1) is 44.7 Å². The first-order valence-electron chi connectivity index (χ1n) is 16.0. The summed E-state index contributed by atoms with van der Waals surface area (Å²) >= 11 is 0. The van der Waals surface area contributed by atoms with E-state index in [0.29, 0.717) is 43.1 Å². The van der Waals surface area contributed by atoms with Crippen molar-refractivity contribution in [2.24, 2.45) is 34.5 Å². The molecule has 1 saturated heterocycles. The summed E-state index contributed by atoms with van der Waals surface area (Å²) in [7, 11) is 9.83. The van der Waals surface area contributed by atoms with E-state index in [0.717, 1.165) is 12.1 Å². The number of fused-ring (bicyclic) bond motifs is 2. The lowest BCUT2D eigenvalue weighted by atomic mass is 9.43. The molecule has 1 heterocycles. The van der Waals surface area contributed by atoms with Crippen molar-refractivity contribution in [3.63, 3.8) is 0 Å². The van der Waals surface area contributed by atoms with E-state index in [4.69, 9.17) is 33.2 Å². The molecule has 6 aliphatic rings. The van der Waals surface area contributed by atoms with Gasteiger partial charge in [0.15, 0.2) is 11.5 Å². The minimum atomic E-state index is -1.47. The summed E-state index contributed by atoms with van der Waals surface area (Å²) in [4.78, 5) is 16.4. The van der Waals surface area contributed by atoms with Crippen molar-refractivity contribution in [1.82, 2.24) is 4.90 Å². The molecule has 248 valence electrons. The molecule has 1 aromatic rings. The fraction of sp³-hybridized carbons (Fsp3) is 0.735. The predicted octanol–water partition coefficient (Wildman–Crippen LogP) is 1.93. The van der Waals surface area contributed by atoms with Crippen LogP contribution < -0.4 is 9.47 Å². The summed E-state index contributed by atoms with van der Waals surface area (Å²) in [6.07, 6.45) is 0.141. The number of ether oxygens (including phenoxy) is 7. The maximum atomic E-state index is 13.9. The first-order valence-corrected chi connectivity index (χ1v) is 16.0. The minimum Gasteiger partial charge on any atom is -0.493 e. The maximum Gasteiger partial charge on any atom is 0.338 e. The van der Waals surface area contributed by atoms with Crippen LogP contribution in [0.2, 0.25) is 0 Å². The zero-order valence-electron chi connectivity index (χ0n) is 27.2. The van der Waals surface area contributed by atoms with Crippen LogP contribution in [0, 0.1) is 34.5 Å². The third-order valence-electron chi connectivity index (χ3n) is 12.8. The van der Waals surface area contributed by atoms with Gasteiger partial charge in [-0.25, -0.2) is 4.79 Å². The maximum absolute atomic E-state index is 13.9. The summed E-state index contributed by atoms with van der Waals surface area (Å²) in [5.74, 6) is -0.235. The Morgan fingerprint density at radius 1 is 1.02 bits per heavy atom. The van der Waals surface area contributed by atoms with Gasteiger partial charge < -0.3 is 43.4 Å². The van der Waals surface area contributed by atoms with Crippen molar-refractivity contribution >= 4 is 5.97 Å². The third kappa shape index (κ3) is 3.74. The fourth-order valence-electron chi connectivity index (χ4n) is 11.6. The van der Waals surface area contributed by atoms with Gasteiger partial charge in [-0.3, -0.25) is 4.90 Å². The van der Waals surface area contributed by atoms with Crippen LogP contribution in [0.4, 0.5) is 0 Å². The molecule has 2 N–H and O–H groups in total. The molecule has 11 heteroatoms. The van der Waals surface area contributed by atoms with E-state index < -0.39 is 40.7 Å². The summed E-state index contributed by atoms with van der Waals surface area (Å²) in [6, 6.07) is 4.96. The van der Waals surface area contributed by atoms with Gasteiger partial charge in [-0.15, -0.1) is 0 Å². The van der Waals surface area contributed by atoms with Gasteiger partial charge in [-0.2, -0.15) is 0 Å². The van der Waals surface area contributed by atoms with Gasteiger partial charge >= 0.3 is 5.97 Å². The number of aliphatic hydroxyl groups is 2. The molecule has 45 heavy (non-hydrogen) atoms. The predicted molar refractivity (Wildman–Crippen MR) is 161 cm³/mol. The molecule has 0 aromatic heterocycles. The second kappa shape index (κ2) is 10.9. The highest BCUT2D eigenvalue weighted by molar-refractivity contribution is 5.90. The topological polar surface area (TPSA) is 125 Å². The Kier molecular flexibility index (Phi) is 7.60. The molecule has 5 aliphatic carbocycles. The van der Waals surface area contributed by atoms with Crippen LogP contribution in [0.1, 0.15) is 30.1 Å². The Labute approximate surface area is 264 Å². The number of esters is 1. The number of likely N-dealkylation sites (tertiary alicyclic amines) is 1. The molecule has 0 amide bonds. The highest BCUT2D eigenvalue weighted by Gasteiger charge is 2.85. The van der Waals surface area contributed by atoms with Gasteiger partial charge in [0, 0.05) is 76.0 Å². The number of carbonyl (C=O) groups excluding carboxylic acids is 1. The van der Waals surface area contributed by atoms with Crippen molar-refractivity contribution < 1.29 is 48.2 Å². The number of aliphatic hydroxyl groups excluding tert-OH is 1. The third-order valence-corrected chi connectivity index (χ3v) is 12.8. The second-order valence-electron chi connectivity index (χ2n) is 13.9. The molecular formula is C34H47NO10. The number of nitrogens with zero attached hydrogens (tertiary/aromatic N) is 1. The van der Waals surface area contributed by atoms with Crippen LogP contribution in [-0.2, 0) is 23.7 Å². The van der Waals surface area contributed by atoms with E-state index in [1.165, 1.54) is 14.2 Å². The molecule has 7 rings (SSSR count). The molecular weight excluding hydrogens is 582 g/mol. The molecule has 1 aromatic carbocycles. The highest BCUT2D eigenvalue weighted by atomic mass is 16.6. The number of methoxy groups -OCH3 is 6. The Hall–Kier alpha value is -2.25. The number of hydrogen-bond donors (Lipinski definition) is 2. The monoisotopic (exact) mass is 629 g/mol. The molecule has 4 saturated carbocycles.